The van der Waals surface area contributed by atoms with E-state index >= 15 is 0 Å². The number of hydrogen-bond acceptors (Lipinski definition) is 7. The number of nitrogens with one attached hydrogen (secondary N) is 1. The van der Waals surface area contributed by atoms with Gasteiger partial charge in [-0.15, -0.1) is 0 Å². The van der Waals surface area contributed by atoms with Crippen molar-refractivity contribution >= 4 is 44.5 Å². The maximum Gasteiger partial charge on any atom is 0.281 e. The number of thioether (sulfide) groups is 1. The molecule has 0 aromatic heterocycles. The lowest BCUT2D eigenvalue weighted by molar-refractivity contribution is -0.130. The van der Waals surface area contributed by atoms with E-state index in [1.54, 1.807) is 4.90 Å². The number of ether oxygens (including phenoxy) is 1. The molecule has 2 N–H and O–H groups in total. The van der Waals surface area contributed by atoms with Crippen LogP contribution in [0.3, 0.4) is 0 Å². The van der Waals surface area contributed by atoms with E-state index in [9.17, 15) is 14.7 Å². The summed E-state index contributed by atoms with van der Waals surface area (Å²) in [5.41, 5.74) is 0.870. The fourth-order valence-corrected chi connectivity index (χ4v) is 7.18. The zero-order valence-electron chi connectivity index (χ0n) is 16.5. The first-order valence-electron chi connectivity index (χ1n) is 9.93. The molecule has 2 heterocycles. The summed E-state index contributed by atoms with van der Waals surface area (Å²) in [5, 5.41) is 12.6. The van der Waals surface area contributed by atoms with Crippen LogP contribution < -0.4 is 10.1 Å². The summed E-state index contributed by atoms with van der Waals surface area (Å²) in [5.74, 6) is 2.14. The topological polar surface area (TPSA) is 78.9 Å². The van der Waals surface area contributed by atoms with E-state index in [4.69, 9.17) is 4.74 Å². The first kappa shape index (κ1) is 22.7. The Kier molecular flexibility index (Phi) is 8.89. The third-order valence-electron chi connectivity index (χ3n) is 5.01. The monoisotopic (exact) mass is 456 g/mol. The number of carbonyl (C=O) groups excluding carboxylic acids is 2. The second-order valence-electron chi connectivity index (χ2n) is 7.22. The highest BCUT2D eigenvalue weighted by Gasteiger charge is 2.32. The fraction of sp³-hybridized carbons (Fsp3) is 0.600. The Labute approximate surface area is 184 Å². The molecule has 1 aromatic rings. The van der Waals surface area contributed by atoms with Crippen LogP contribution >= 0.6 is 33.3 Å². The summed E-state index contributed by atoms with van der Waals surface area (Å²) >= 11 is 1.09. The average molecular weight is 457 g/mol. The van der Waals surface area contributed by atoms with Crippen molar-refractivity contribution in [2.45, 2.75) is 48.8 Å². The van der Waals surface area contributed by atoms with Gasteiger partial charge in [-0.05, 0) is 37.0 Å². The van der Waals surface area contributed by atoms with Gasteiger partial charge in [0.15, 0.2) is 0 Å². The number of unbranched alkanes of at least 4 members (excludes halogenated alkanes) is 1. The fourth-order valence-electron chi connectivity index (χ4n) is 3.24. The standard InChI is InChI=1S/C20H28N2O4S3/c1-22(17(23)5-3-2-4-16-10-13-27-29-16)11-12-26-15-8-6-14(7-9-15)18-19(24)21-20(25)28-18/h6-9,16,18-19,24H,2-5,10-13H2,1H3,(H,21,25). The number of nitrogens with zero attached hydrogens (tertiary/aromatic N) is 1. The first-order chi connectivity index (χ1) is 14.0. The highest BCUT2D eigenvalue weighted by Crippen LogP contribution is 2.40. The lowest BCUT2D eigenvalue weighted by Crippen LogP contribution is -2.30. The Balaban J connectivity index is 1.31. The van der Waals surface area contributed by atoms with Gasteiger partial charge in [-0.25, -0.2) is 0 Å². The van der Waals surface area contributed by atoms with E-state index in [0.29, 0.717) is 25.3 Å². The van der Waals surface area contributed by atoms with Crippen LogP contribution in [0.15, 0.2) is 24.3 Å². The zero-order valence-corrected chi connectivity index (χ0v) is 19.0. The lowest BCUT2D eigenvalue weighted by Gasteiger charge is -2.18. The molecule has 2 fully saturated rings. The Bertz CT molecular complexity index is 683. The Morgan fingerprint density at radius 3 is 2.76 bits per heavy atom. The van der Waals surface area contributed by atoms with Crippen molar-refractivity contribution in [1.82, 2.24) is 10.2 Å². The number of rotatable bonds is 10. The van der Waals surface area contributed by atoms with Gasteiger partial charge in [-0.3, -0.25) is 9.59 Å². The van der Waals surface area contributed by atoms with Crippen LogP contribution in [0.1, 0.15) is 42.9 Å². The van der Waals surface area contributed by atoms with E-state index < -0.39 is 6.23 Å². The van der Waals surface area contributed by atoms with Crippen molar-refractivity contribution in [3.05, 3.63) is 29.8 Å². The van der Waals surface area contributed by atoms with Crippen molar-refractivity contribution in [2.75, 3.05) is 26.0 Å². The predicted octanol–water partition coefficient (Wildman–Crippen LogP) is 4.05. The van der Waals surface area contributed by atoms with Crippen molar-refractivity contribution < 1.29 is 19.4 Å². The van der Waals surface area contributed by atoms with E-state index in [2.05, 4.69) is 5.32 Å². The van der Waals surface area contributed by atoms with Gasteiger partial charge in [0.05, 0.1) is 11.8 Å². The molecule has 6 nitrogen and oxygen atoms in total. The molecule has 2 saturated heterocycles. The Hall–Kier alpha value is -1.03. The highest BCUT2D eigenvalue weighted by molar-refractivity contribution is 8.77. The van der Waals surface area contributed by atoms with Crippen LogP contribution in [-0.2, 0) is 4.79 Å². The third kappa shape index (κ3) is 7.01. The summed E-state index contributed by atoms with van der Waals surface area (Å²) in [4.78, 5) is 25.3. The molecule has 2 aliphatic heterocycles. The van der Waals surface area contributed by atoms with Crippen molar-refractivity contribution in [3.63, 3.8) is 0 Å². The molecule has 3 atom stereocenters. The van der Waals surface area contributed by atoms with Crippen LogP contribution in [0, 0.1) is 0 Å². The molecular weight excluding hydrogens is 428 g/mol. The predicted molar refractivity (Wildman–Crippen MR) is 121 cm³/mol. The zero-order chi connectivity index (χ0) is 20.6. The van der Waals surface area contributed by atoms with Gasteiger partial charge in [-0.1, -0.05) is 51.9 Å². The smallest absolute Gasteiger partial charge is 0.281 e. The second kappa shape index (κ2) is 11.4. The molecule has 0 aliphatic carbocycles. The third-order valence-corrected chi connectivity index (χ3v) is 9.13. The molecule has 0 bridgehead atoms. The average Bonchev–Trinajstić information content (AvgIpc) is 3.34. The quantitative estimate of drug-likeness (QED) is 0.406. The lowest BCUT2D eigenvalue weighted by atomic mass is 10.1. The molecule has 3 rings (SSSR count). The molecule has 3 unspecified atom stereocenters. The van der Waals surface area contributed by atoms with Gasteiger partial charge < -0.3 is 20.1 Å². The van der Waals surface area contributed by atoms with Gasteiger partial charge in [0.1, 0.15) is 18.6 Å². The summed E-state index contributed by atoms with van der Waals surface area (Å²) in [6.45, 7) is 0.976. The number of carbonyl (C=O) groups is 2. The summed E-state index contributed by atoms with van der Waals surface area (Å²) in [6.07, 6.45) is 4.33. The normalized spacial score (nSPS) is 23.8. The molecule has 0 saturated carbocycles. The van der Waals surface area contributed by atoms with Crippen molar-refractivity contribution in [1.29, 1.82) is 0 Å². The minimum atomic E-state index is -0.866. The molecule has 160 valence electrons. The van der Waals surface area contributed by atoms with Gasteiger partial charge in [0, 0.05) is 24.5 Å². The molecule has 0 radical (unpaired) electrons. The van der Waals surface area contributed by atoms with E-state index in [1.165, 1.54) is 18.6 Å². The van der Waals surface area contributed by atoms with Crippen LogP contribution in [0.4, 0.5) is 4.79 Å². The van der Waals surface area contributed by atoms with Crippen molar-refractivity contribution in [3.8, 4) is 5.75 Å². The number of likely N-dealkylation sites (N-methyl/N-ethyl adjacent to an activating group) is 1. The molecule has 9 heteroatoms. The minimum Gasteiger partial charge on any atom is -0.492 e. The Morgan fingerprint density at radius 2 is 2.10 bits per heavy atom. The Morgan fingerprint density at radius 1 is 1.31 bits per heavy atom. The number of aliphatic hydroxyl groups is 1. The summed E-state index contributed by atoms with van der Waals surface area (Å²) < 4.78 is 5.73. The summed E-state index contributed by atoms with van der Waals surface area (Å²) in [7, 11) is 5.78. The van der Waals surface area contributed by atoms with E-state index in [0.717, 1.165) is 35.4 Å². The highest BCUT2D eigenvalue weighted by atomic mass is 33.1. The van der Waals surface area contributed by atoms with Gasteiger partial charge >= 0.3 is 0 Å². The van der Waals surface area contributed by atoms with Gasteiger partial charge in [0.25, 0.3) is 5.24 Å². The van der Waals surface area contributed by atoms with Crippen LogP contribution in [-0.4, -0.2) is 58.6 Å². The first-order valence-corrected chi connectivity index (χ1v) is 13.2. The second-order valence-corrected chi connectivity index (χ2v) is 11.1. The number of aliphatic hydroxyl groups excluding tert-OH is 1. The number of amides is 2. The molecule has 0 spiro atoms. The van der Waals surface area contributed by atoms with Crippen LogP contribution in [0.25, 0.3) is 0 Å². The van der Waals surface area contributed by atoms with Crippen LogP contribution in [0.2, 0.25) is 0 Å². The summed E-state index contributed by atoms with van der Waals surface area (Å²) in [6, 6.07) is 7.36. The molecule has 29 heavy (non-hydrogen) atoms. The van der Waals surface area contributed by atoms with Crippen molar-refractivity contribution in [2.24, 2.45) is 0 Å². The maximum atomic E-state index is 12.2. The maximum absolute atomic E-state index is 12.2. The molecule has 2 amide bonds. The molecule has 2 aliphatic rings. The molecule has 1 aromatic carbocycles. The largest absolute Gasteiger partial charge is 0.492 e. The van der Waals surface area contributed by atoms with E-state index in [1.807, 2.05) is 52.9 Å². The van der Waals surface area contributed by atoms with Gasteiger partial charge in [0.2, 0.25) is 5.91 Å². The van der Waals surface area contributed by atoms with Gasteiger partial charge in [-0.2, -0.15) is 0 Å². The molecular formula is C20H28N2O4S3. The SMILES string of the molecule is CN(CCOc1ccc(C2SC(=O)NC2O)cc1)C(=O)CCCCC1CCSS1. The van der Waals surface area contributed by atoms with Crippen LogP contribution in [0.5, 0.6) is 5.75 Å². The number of benzene rings is 1. The minimum absolute atomic E-state index is 0.168. The van der Waals surface area contributed by atoms with E-state index in [-0.39, 0.29) is 16.4 Å². The number of hydrogen-bond donors (Lipinski definition) is 2.